The monoisotopic (exact) mass is 313 g/mol. The minimum atomic E-state index is -3.71. The van der Waals surface area contributed by atoms with Crippen LogP contribution in [-0.2, 0) is 10.0 Å². The van der Waals surface area contributed by atoms with Crippen LogP contribution in [0.2, 0.25) is 10.0 Å². The standard InChI is InChI=1S/C13H9Cl2NO2S/c14-11-3-1-10(2-4-11)9-16-19(17,18)13-7-5-12(15)6-8-13/h1-9H/b16-9+. The van der Waals surface area contributed by atoms with Crippen LogP contribution in [-0.4, -0.2) is 14.6 Å². The van der Waals surface area contributed by atoms with Crippen molar-refractivity contribution in [2.24, 2.45) is 4.40 Å². The molecule has 2 aromatic rings. The maximum atomic E-state index is 11.9. The maximum Gasteiger partial charge on any atom is 0.282 e. The van der Waals surface area contributed by atoms with Crippen molar-refractivity contribution in [1.29, 1.82) is 0 Å². The number of nitrogens with zero attached hydrogens (tertiary/aromatic N) is 1. The van der Waals surface area contributed by atoms with Gasteiger partial charge in [0.2, 0.25) is 0 Å². The van der Waals surface area contributed by atoms with Gasteiger partial charge in [-0.1, -0.05) is 35.3 Å². The molecule has 0 heterocycles. The van der Waals surface area contributed by atoms with Gasteiger partial charge < -0.3 is 0 Å². The SMILES string of the molecule is O=S(=O)(/N=C/c1ccc(Cl)cc1)c1ccc(Cl)cc1. The molecular weight excluding hydrogens is 305 g/mol. The van der Waals surface area contributed by atoms with E-state index in [1.54, 1.807) is 24.3 Å². The van der Waals surface area contributed by atoms with E-state index in [0.29, 0.717) is 15.6 Å². The first-order valence-corrected chi connectivity index (χ1v) is 7.48. The highest BCUT2D eigenvalue weighted by molar-refractivity contribution is 7.90. The third-order valence-corrected chi connectivity index (χ3v) is 4.08. The van der Waals surface area contributed by atoms with E-state index in [9.17, 15) is 8.42 Å². The van der Waals surface area contributed by atoms with E-state index in [2.05, 4.69) is 4.40 Å². The van der Waals surface area contributed by atoms with E-state index in [4.69, 9.17) is 23.2 Å². The van der Waals surface area contributed by atoms with Crippen LogP contribution in [0.5, 0.6) is 0 Å². The van der Waals surface area contributed by atoms with Crippen molar-refractivity contribution in [2.75, 3.05) is 0 Å². The van der Waals surface area contributed by atoms with Crippen LogP contribution in [0.15, 0.2) is 57.8 Å². The first kappa shape index (κ1) is 14.1. The minimum absolute atomic E-state index is 0.0992. The van der Waals surface area contributed by atoms with E-state index < -0.39 is 10.0 Å². The third kappa shape index (κ3) is 3.80. The number of hydrogen-bond donors (Lipinski definition) is 0. The van der Waals surface area contributed by atoms with Crippen LogP contribution in [0.1, 0.15) is 5.56 Å². The molecule has 0 saturated carbocycles. The Morgan fingerprint density at radius 3 is 1.84 bits per heavy atom. The second-order valence-corrected chi connectivity index (χ2v) is 6.22. The van der Waals surface area contributed by atoms with Gasteiger partial charge in [0.25, 0.3) is 10.0 Å². The molecule has 0 aliphatic rings. The van der Waals surface area contributed by atoms with E-state index in [0.717, 1.165) is 0 Å². The summed E-state index contributed by atoms with van der Waals surface area (Å²) in [6.45, 7) is 0. The molecule has 2 aromatic carbocycles. The molecule has 0 spiro atoms. The van der Waals surface area contributed by atoms with Gasteiger partial charge in [0.15, 0.2) is 0 Å². The van der Waals surface area contributed by atoms with Gasteiger partial charge in [-0.15, -0.1) is 0 Å². The summed E-state index contributed by atoms with van der Waals surface area (Å²) >= 11 is 11.4. The number of sulfonamides is 1. The van der Waals surface area contributed by atoms with E-state index in [-0.39, 0.29) is 4.90 Å². The Morgan fingerprint density at radius 1 is 0.842 bits per heavy atom. The van der Waals surface area contributed by atoms with Crippen LogP contribution in [0.4, 0.5) is 0 Å². The molecule has 0 aliphatic carbocycles. The molecule has 0 radical (unpaired) electrons. The number of rotatable bonds is 3. The summed E-state index contributed by atoms with van der Waals surface area (Å²) in [5.74, 6) is 0. The average molecular weight is 314 g/mol. The number of benzene rings is 2. The average Bonchev–Trinajstić information content (AvgIpc) is 2.39. The molecule has 0 saturated heterocycles. The highest BCUT2D eigenvalue weighted by Crippen LogP contribution is 2.16. The van der Waals surface area contributed by atoms with Crippen molar-refractivity contribution >= 4 is 39.4 Å². The highest BCUT2D eigenvalue weighted by atomic mass is 35.5. The Balaban J connectivity index is 2.26. The fourth-order valence-corrected chi connectivity index (χ4v) is 2.46. The minimum Gasteiger partial charge on any atom is -0.199 e. The molecule has 0 amide bonds. The smallest absolute Gasteiger partial charge is 0.199 e. The molecule has 0 N–H and O–H groups in total. The third-order valence-electron chi connectivity index (χ3n) is 2.32. The van der Waals surface area contributed by atoms with Crippen molar-refractivity contribution in [1.82, 2.24) is 0 Å². The lowest BCUT2D eigenvalue weighted by molar-refractivity contribution is 0.598. The fraction of sp³-hybridized carbons (Fsp3) is 0. The molecule has 0 atom stereocenters. The van der Waals surface area contributed by atoms with Gasteiger partial charge in [-0.25, -0.2) is 0 Å². The van der Waals surface area contributed by atoms with Crippen molar-refractivity contribution in [3.63, 3.8) is 0 Å². The van der Waals surface area contributed by atoms with Crippen molar-refractivity contribution in [3.05, 3.63) is 64.1 Å². The molecule has 0 aromatic heterocycles. The quantitative estimate of drug-likeness (QED) is 0.809. The lowest BCUT2D eigenvalue weighted by Crippen LogP contribution is -1.97. The molecule has 98 valence electrons. The van der Waals surface area contributed by atoms with Crippen molar-refractivity contribution in [3.8, 4) is 0 Å². The van der Waals surface area contributed by atoms with Crippen LogP contribution in [0, 0.1) is 0 Å². The lowest BCUT2D eigenvalue weighted by atomic mass is 10.2. The normalized spacial score (nSPS) is 11.9. The summed E-state index contributed by atoms with van der Waals surface area (Å²) < 4.78 is 27.5. The van der Waals surface area contributed by atoms with E-state index in [1.807, 2.05) is 0 Å². The Bertz CT molecular complexity index is 692. The zero-order valence-electron chi connectivity index (χ0n) is 9.62. The summed E-state index contributed by atoms with van der Waals surface area (Å²) in [6.07, 6.45) is 1.28. The van der Waals surface area contributed by atoms with Gasteiger partial charge in [0, 0.05) is 16.3 Å². The summed E-state index contributed by atoms with van der Waals surface area (Å²) in [5, 5.41) is 1.05. The first-order chi connectivity index (χ1) is 8.97. The van der Waals surface area contributed by atoms with Gasteiger partial charge in [0.1, 0.15) is 0 Å². The summed E-state index contributed by atoms with van der Waals surface area (Å²) in [4.78, 5) is 0.0992. The van der Waals surface area contributed by atoms with Gasteiger partial charge in [-0.2, -0.15) is 12.8 Å². The number of halogens is 2. The van der Waals surface area contributed by atoms with Gasteiger partial charge in [-0.05, 0) is 42.0 Å². The predicted molar refractivity (Wildman–Crippen MR) is 77.7 cm³/mol. The summed E-state index contributed by atoms with van der Waals surface area (Å²) in [5.41, 5.74) is 0.655. The summed E-state index contributed by atoms with van der Waals surface area (Å²) in [7, 11) is -3.71. The molecule has 2 rings (SSSR count). The Kier molecular flexibility index (Phi) is 4.24. The second kappa shape index (κ2) is 5.74. The van der Waals surface area contributed by atoms with E-state index in [1.165, 1.54) is 30.5 Å². The fourth-order valence-electron chi connectivity index (χ4n) is 1.35. The van der Waals surface area contributed by atoms with Gasteiger partial charge in [0.05, 0.1) is 4.90 Å². The molecule has 0 bridgehead atoms. The zero-order valence-corrected chi connectivity index (χ0v) is 12.0. The van der Waals surface area contributed by atoms with Crippen molar-refractivity contribution in [2.45, 2.75) is 4.90 Å². The Hall–Kier alpha value is -1.36. The largest absolute Gasteiger partial charge is 0.282 e. The van der Waals surface area contributed by atoms with E-state index >= 15 is 0 Å². The first-order valence-electron chi connectivity index (χ1n) is 5.29. The molecule has 0 aliphatic heterocycles. The molecule has 3 nitrogen and oxygen atoms in total. The highest BCUT2D eigenvalue weighted by Gasteiger charge is 2.10. The Morgan fingerprint density at radius 2 is 1.32 bits per heavy atom. The van der Waals surface area contributed by atoms with Crippen molar-refractivity contribution < 1.29 is 8.42 Å². The van der Waals surface area contributed by atoms with Crippen LogP contribution in [0.3, 0.4) is 0 Å². The topological polar surface area (TPSA) is 46.5 Å². The molecule has 6 heteroatoms. The van der Waals surface area contributed by atoms with Crippen LogP contribution in [0.25, 0.3) is 0 Å². The molecular formula is C13H9Cl2NO2S. The second-order valence-electron chi connectivity index (χ2n) is 3.72. The number of hydrogen-bond acceptors (Lipinski definition) is 2. The zero-order chi connectivity index (χ0) is 13.9. The molecule has 0 unspecified atom stereocenters. The van der Waals surface area contributed by atoms with Gasteiger partial charge >= 0.3 is 0 Å². The van der Waals surface area contributed by atoms with Crippen LogP contribution >= 0.6 is 23.2 Å². The maximum absolute atomic E-state index is 11.9. The predicted octanol–water partition coefficient (Wildman–Crippen LogP) is 3.80. The Labute approximate surface area is 121 Å². The molecule has 0 fully saturated rings. The molecule has 19 heavy (non-hydrogen) atoms. The van der Waals surface area contributed by atoms with Crippen LogP contribution < -0.4 is 0 Å². The summed E-state index contributed by atoms with van der Waals surface area (Å²) in [6, 6.07) is 12.5. The lowest BCUT2D eigenvalue weighted by Gasteiger charge is -1.98. The van der Waals surface area contributed by atoms with Gasteiger partial charge in [-0.3, -0.25) is 0 Å².